The van der Waals surface area contributed by atoms with Crippen LogP contribution in [0, 0.1) is 39.9 Å². The lowest BCUT2D eigenvalue weighted by molar-refractivity contribution is -0.165. The van der Waals surface area contributed by atoms with E-state index in [-0.39, 0.29) is 11.5 Å². The molecule has 4 saturated carbocycles. The molecule has 0 unspecified atom stereocenters. The van der Waals surface area contributed by atoms with Gasteiger partial charge in [-0.05, 0) is 98.7 Å². The van der Waals surface area contributed by atoms with Crippen LogP contribution in [0.15, 0.2) is 0 Å². The summed E-state index contributed by atoms with van der Waals surface area (Å²) in [6, 6.07) is 0. The molecular weight excluding hydrogens is 296 g/mol. The highest BCUT2D eigenvalue weighted by Crippen LogP contribution is 2.72. The van der Waals surface area contributed by atoms with Gasteiger partial charge in [-0.25, -0.2) is 0 Å². The second-order valence-corrected chi connectivity index (χ2v) is 10.5. The standard InChI is InChI=1S/C22H36O2/c1-14(23)17-8-11-22(4)19-6-5-15-13-16(24)7-10-20(15,2)18(19)9-12-21(17,22)3/h15-19,24H,5-13H2,1-4H3/t15-,16+,17+,18-,19+,20-,21+,22-/m0/s1. The summed E-state index contributed by atoms with van der Waals surface area (Å²) >= 11 is 0. The van der Waals surface area contributed by atoms with Crippen LogP contribution < -0.4 is 0 Å². The lowest BCUT2D eigenvalue weighted by atomic mass is 9.40. The molecule has 1 N–H and O–H groups in total. The van der Waals surface area contributed by atoms with Gasteiger partial charge in [0.25, 0.3) is 0 Å². The largest absolute Gasteiger partial charge is 0.393 e. The average Bonchev–Trinajstić information content (AvgIpc) is 2.80. The maximum Gasteiger partial charge on any atom is 0.133 e. The molecule has 0 aromatic heterocycles. The average molecular weight is 333 g/mol. The van der Waals surface area contributed by atoms with E-state index in [9.17, 15) is 9.90 Å². The van der Waals surface area contributed by atoms with E-state index in [1.165, 1.54) is 38.5 Å². The normalized spacial score (nSPS) is 57.0. The van der Waals surface area contributed by atoms with Crippen LogP contribution >= 0.6 is 0 Å². The van der Waals surface area contributed by atoms with Gasteiger partial charge in [0, 0.05) is 5.92 Å². The molecule has 4 aliphatic rings. The molecule has 0 saturated heterocycles. The Bertz CT molecular complexity index is 542. The Morgan fingerprint density at radius 2 is 1.58 bits per heavy atom. The molecule has 0 aliphatic heterocycles. The fourth-order valence-electron chi connectivity index (χ4n) is 8.29. The van der Waals surface area contributed by atoms with Crippen LogP contribution in [0.25, 0.3) is 0 Å². The minimum atomic E-state index is -0.0577. The molecule has 24 heavy (non-hydrogen) atoms. The molecular formula is C22H36O2. The van der Waals surface area contributed by atoms with E-state index in [1.807, 2.05) is 6.92 Å². The second kappa shape index (κ2) is 5.32. The quantitative estimate of drug-likeness (QED) is 0.735. The summed E-state index contributed by atoms with van der Waals surface area (Å²) in [5.41, 5.74) is 0.995. The summed E-state index contributed by atoms with van der Waals surface area (Å²) in [5.74, 6) is 3.05. The first-order chi connectivity index (χ1) is 11.2. The van der Waals surface area contributed by atoms with Crippen molar-refractivity contribution in [2.45, 2.75) is 91.6 Å². The number of carbonyl (C=O) groups excluding carboxylic acids is 1. The molecule has 4 rings (SSSR count). The summed E-state index contributed by atoms with van der Waals surface area (Å²) in [4.78, 5) is 12.3. The lowest BCUT2D eigenvalue weighted by Gasteiger charge is -2.64. The van der Waals surface area contributed by atoms with E-state index < -0.39 is 0 Å². The van der Waals surface area contributed by atoms with Crippen molar-refractivity contribution in [3.63, 3.8) is 0 Å². The Hall–Kier alpha value is -0.370. The molecule has 0 radical (unpaired) electrons. The number of hydrogen-bond donors (Lipinski definition) is 1. The van der Waals surface area contributed by atoms with Gasteiger partial charge >= 0.3 is 0 Å². The van der Waals surface area contributed by atoms with Gasteiger partial charge in [-0.15, -0.1) is 0 Å². The van der Waals surface area contributed by atoms with Crippen LogP contribution in [0.3, 0.4) is 0 Å². The summed E-state index contributed by atoms with van der Waals surface area (Å²) in [5, 5.41) is 10.2. The fourth-order valence-corrected chi connectivity index (χ4v) is 8.29. The number of carbonyl (C=O) groups is 1. The SMILES string of the molecule is CC(=O)[C@H]1CC[C@@]2(C)[C@@H]3CC[C@H]4C[C@H](O)CC[C@]4(C)[C@H]3CC[C@]12C. The van der Waals surface area contributed by atoms with E-state index in [0.29, 0.717) is 22.5 Å². The van der Waals surface area contributed by atoms with Crippen molar-refractivity contribution in [2.75, 3.05) is 0 Å². The Labute approximate surface area is 147 Å². The smallest absolute Gasteiger partial charge is 0.133 e. The van der Waals surface area contributed by atoms with Gasteiger partial charge in [-0.3, -0.25) is 4.79 Å². The van der Waals surface area contributed by atoms with Gasteiger partial charge in [0.1, 0.15) is 5.78 Å². The zero-order valence-corrected chi connectivity index (χ0v) is 16.1. The van der Waals surface area contributed by atoms with Crippen molar-refractivity contribution in [2.24, 2.45) is 39.9 Å². The van der Waals surface area contributed by atoms with Gasteiger partial charge in [0.15, 0.2) is 0 Å². The van der Waals surface area contributed by atoms with Gasteiger partial charge in [0.05, 0.1) is 6.10 Å². The number of fused-ring (bicyclic) bond motifs is 5. The van der Waals surface area contributed by atoms with Crippen molar-refractivity contribution in [3.05, 3.63) is 0 Å². The van der Waals surface area contributed by atoms with Crippen LogP contribution in [0.4, 0.5) is 0 Å². The highest BCUT2D eigenvalue weighted by atomic mass is 16.3. The Morgan fingerprint density at radius 1 is 0.875 bits per heavy atom. The molecule has 4 aliphatic carbocycles. The highest BCUT2D eigenvalue weighted by Gasteiger charge is 2.66. The van der Waals surface area contributed by atoms with Crippen molar-refractivity contribution in [1.82, 2.24) is 0 Å². The van der Waals surface area contributed by atoms with Crippen LogP contribution in [-0.4, -0.2) is 17.0 Å². The fraction of sp³-hybridized carbons (Fsp3) is 0.955. The molecule has 136 valence electrons. The van der Waals surface area contributed by atoms with E-state index in [0.717, 1.165) is 37.0 Å². The maximum absolute atomic E-state index is 12.3. The van der Waals surface area contributed by atoms with Crippen molar-refractivity contribution in [3.8, 4) is 0 Å². The van der Waals surface area contributed by atoms with E-state index in [1.54, 1.807) is 0 Å². The first-order valence-electron chi connectivity index (χ1n) is 10.4. The van der Waals surface area contributed by atoms with E-state index in [2.05, 4.69) is 20.8 Å². The minimum Gasteiger partial charge on any atom is -0.393 e. The molecule has 0 heterocycles. The monoisotopic (exact) mass is 332 g/mol. The van der Waals surface area contributed by atoms with E-state index in [4.69, 9.17) is 0 Å². The lowest BCUT2D eigenvalue weighted by Crippen LogP contribution is -2.58. The van der Waals surface area contributed by atoms with Crippen LogP contribution in [0.2, 0.25) is 0 Å². The Kier molecular flexibility index (Phi) is 3.78. The summed E-state index contributed by atoms with van der Waals surface area (Å²) in [7, 11) is 0. The Morgan fingerprint density at radius 3 is 2.29 bits per heavy atom. The summed E-state index contributed by atoms with van der Waals surface area (Å²) < 4.78 is 0. The van der Waals surface area contributed by atoms with Crippen LogP contribution in [0.1, 0.15) is 85.5 Å². The summed E-state index contributed by atoms with van der Waals surface area (Å²) in [6.45, 7) is 9.35. The van der Waals surface area contributed by atoms with E-state index >= 15 is 0 Å². The molecule has 8 atom stereocenters. The van der Waals surface area contributed by atoms with Gasteiger partial charge in [0.2, 0.25) is 0 Å². The molecule has 2 heteroatoms. The van der Waals surface area contributed by atoms with Gasteiger partial charge in [-0.2, -0.15) is 0 Å². The predicted octanol–water partition coefficient (Wildman–Crippen LogP) is 4.99. The number of aliphatic hydroxyl groups is 1. The highest BCUT2D eigenvalue weighted by molar-refractivity contribution is 5.79. The summed E-state index contributed by atoms with van der Waals surface area (Å²) in [6.07, 6.45) is 10.7. The van der Waals surface area contributed by atoms with Crippen molar-refractivity contribution >= 4 is 5.78 Å². The maximum atomic E-state index is 12.3. The molecule has 0 spiro atoms. The molecule has 0 amide bonds. The molecule has 0 aromatic carbocycles. The number of aliphatic hydroxyl groups excluding tert-OH is 1. The van der Waals surface area contributed by atoms with Crippen LogP contribution in [-0.2, 0) is 4.79 Å². The third kappa shape index (κ3) is 2.01. The molecule has 0 aromatic rings. The number of Topliss-reactive ketones (excluding diaryl/α,β-unsaturated/α-hetero) is 1. The third-order valence-electron chi connectivity index (χ3n) is 9.97. The minimum absolute atomic E-state index is 0.0577. The predicted molar refractivity (Wildman–Crippen MR) is 96.5 cm³/mol. The second-order valence-electron chi connectivity index (χ2n) is 10.5. The number of hydrogen-bond acceptors (Lipinski definition) is 2. The third-order valence-corrected chi connectivity index (χ3v) is 9.97. The van der Waals surface area contributed by atoms with Gasteiger partial charge < -0.3 is 5.11 Å². The molecule has 4 fully saturated rings. The molecule has 2 nitrogen and oxygen atoms in total. The topological polar surface area (TPSA) is 37.3 Å². The zero-order valence-electron chi connectivity index (χ0n) is 16.1. The van der Waals surface area contributed by atoms with Crippen LogP contribution in [0.5, 0.6) is 0 Å². The number of rotatable bonds is 1. The first kappa shape index (κ1) is 17.1. The van der Waals surface area contributed by atoms with Gasteiger partial charge in [-0.1, -0.05) is 20.8 Å². The Balaban J connectivity index is 1.68. The first-order valence-corrected chi connectivity index (χ1v) is 10.4. The zero-order chi connectivity index (χ0) is 17.3. The van der Waals surface area contributed by atoms with Crippen molar-refractivity contribution < 1.29 is 9.90 Å². The number of ketones is 1. The molecule has 0 bridgehead atoms. The van der Waals surface area contributed by atoms with Crippen molar-refractivity contribution in [1.29, 1.82) is 0 Å².